The molecular weight excluding hydrogens is 396 g/mol. The fourth-order valence-corrected chi connectivity index (χ4v) is 4.32. The first kappa shape index (κ1) is 20.4. The van der Waals surface area contributed by atoms with Crippen LogP contribution in [0.15, 0.2) is 60.0 Å². The second-order valence-electron chi connectivity index (χ2n) is 7.43. The average Bonchev–Trinajstić information content (AvgIpc) is 3.29. The topological polar surface area (TPSA) is 59.6 Å². The van der Waals surface area contributed by atoms with Crippen LogP contribution in [0.3, 0.4) is 0 Å². The predicted octanol–water partition coefficient (Wildman–Crippen LogP) is 4.38. The number of rotatable bonds is 7. The van der Waals surface area contributed by atoms with Gasteiger partial charge in [0, 0.05) is 4.88 Å². The monoisotopic (exact) mass is 422 g/mol. The Morgan fingerprint density at radius 2 is 1.77 bits per heavy atom. The number of hydrogen-bond acceptors (Lipinski definition) is 5. The average molecular weight is 423 g/mol. The zero-order valence-electron chi connectivity index (χ0n) is 17.2. The van der Waals surface area contributed by atoms with E-state index in [1.807, 2.05) is 31.2 Å². The van der Waals surface area contributed by atoms with Gasteiger partial charge in [-0.05, 0) is 48.6 Å². The minimum Gasteiger partial charge on any atom is -0.486 e. The molecule has 156 valence electrons. The molecular formula is C24H26N2O3S. The maximum Gasteiger partial charge on any atom is 0.234 e. The molecule has 30 heavy (non-hydrogen) atoms. The molecule has 0 unspecified atom stereocenters. The van der Waals surface area contributed by atoms with Crippen LogP contribution in [0.2, 0.25) is 0 Å². The molecule has 0 saturated heterocycles. The lowest BCUT2D eigenvalue weighted by atomic mass is 10.0. The number of aryl methyl sites for hydroxylation is 1. The van der Waals surface area contributed by atoms with Gasteiger partial charge in [-0.1, -0.05) is 42.0 Å². The van der Waals surface area contributed by atoms with E-state index < -0.39 is 0 Å². The summed E-state index contributed by atoms with van der Waals surface area (Å²) in [6.45, 7) is 5.39. The van der Waals surface area contributed by atoms with Crippen molar-refractivity contribution < 1.29 is 14.3 Å². The quantitative estimate of drug-likeness (QED) is 0.593. The molecule has 3 aromatic rings. The van der Waals surface area contributed by atoms with Crippen LogP contribution >= 0.6 is 11.3 Å². The molecule has 1 amide bonds. The van der Waals surface area contributed by atoms with Crippen LogP contribution in [-0.4, -0.2) is 25.7 Å². The van der Waals surface area contributed by atoms with Gasteiger partial charge in [-0.3, -0.25) is 10.1 Å². The zero-order chi connectivity index (χ0) is 20.9. The van der Waals surface area contributed by atoms with Gasteiger partial charge in [0.2, 0.25) is 5.91 Å². The summed E-state index contributed by atoms with van der Waals surface area (Å²) in [5.41, 5.74) is 3.35. The zero-order valence-corrected chi connectivity index (χ0v) is 18.0. The highest BCUT2D eigenvalue weighted by Gasteiger charge is 2.18. The van der Waals surface area contributed by atoms with Gasteiger partial charge in [0.1, 0.15) is 13.2 Å². The third kappa shape index (κ3) is 4.83. The summed E-state index contributed by atoms with van der Waals surface area (Å²) in [5, 5.41) is 8.55. The first-order chi connectivity index (χ1) is 14.6. The van der Waals surface area contributed by atoms with E-state index in [0.29, 0.717) is 13.2 Å². The molecule has 2 aromatic carbocycles. The lowest BCUT2D eigenvalue weighted by molar-refractivity contribution is -0.121. The molecule has 4 rings (SSSR count). The molecule has 0 radical (unpaired) electrons. The largest absolute Gasteiger partial charge is 0.486 e. The Labute approximate surface area is 181 Å². The molecule has 0 saturated carbocycles. The van der Waals surface area contributed by atoms with E-state index in [1.165, 1.54) is 10.4 Å². The van der Waals surface area contributed by atoms with Crippen molar-refractivity contribution in [1.29, 1.82) is 0 Å². The highest BCUT2D eigenvalue weighted by molar-refractivity contribution is 7.10. The van der Waals surface area contributed by atoms with Crippen LogP contribution in [0.5, 0.6) is 11.5 Å². The van der Waals surface area contributed by atoms with Gasteiger partial charge >= 0.3 is 0 Å². The molecule has 6 heteroatoms. The lowest BCUT2D eigenvalue weighted by Gasteiger charge is -2.22. The van der Waals surface area contributed by atoms with Crippen molar-refractivity contribution in [3.63, 3.8) is 0 Å². The van der Waals surface area contributed by atoms with Gasteiger partial charge in [-0.2, -0.15) is 0 Å². The predicted molar refractivity (Wildman–Crippen MR) is 119 cm³/mol. The number of hydrogen-bond donors (Lipinski definition) is 2. The first-order valence-electron chi connectivity index (χ1n) is 10.1. The molecule has 1 aliphatic heterocycles. The number of benzene rings is 2. The number of carbonyl (C=O) groups is 1. The van der Waals surface area contributed by atoms with E-state index in [1.54, 1.807) is 11.3 Å². The summed E-state index contributed by atoms with van der Waals surface area (Å²) < 4.78 is 11.2. The van der Waals surface area contributed by atoms with Crippen molar-refractivity contribution in [3.8, 4) is 11.5 Å². The van der Waals surface area contributed by atoms with Gasteiger partial charge in [-0.15, -0.1) is 11.3 Å². The van der Waals surface area contributed by atoms with Crippen LogP contribution in [0.25, 0.3) is 0 Å². The van der Waals surface area contributed by atoms with Crippen molar-refractivity contribution >= 4 is 17.2 Å². The molecule has 2 heterocycles. The number of fused-ring (bicyclic) bond motifs is 1. The Hall–Kier alpha value is -2.83. The van der Waals surface area contributed by atoms with Crippen molar-refractivity contribution in [3.05, 3.63) is 81.5 Å². The van der Waals surface area contributed by atoms with Crippen LogP contribution < -0.4 is 20.1 Å². The molecule has 0 fully saturated rings. The maximum absolute atomic E-state index is 12.6. The van der Waals surface area contributed by atoms with Gasteiger partial charge in [0.25, 0.3) is 0 Å². The van der Waals surface area contributed by atoms with Crippen LogP contribution in [0, 0.1) is 6.92 Å². The highest BCUT2D eigenvalue weighted by Crippen LogP contribution is 2.32. The number of thiophene rings is 1. The van der Waals surface area contributed by atoms with Crippen molar-refractivity contribution in [2.24, 2.45) is 0 Å². The normalized spacial score (nSPS) is 14.7. The number of nitrogens with one attached hydrogen (secondary N) is 2. The van der Waals surface area contributed by atoms with Crippen LogP contribution in [-0.2, 0) is 4.79 Å². The minimum atomic E-state index is -0.130. The summed E-state index contributed by atoms with van der Waals surface area (Å²) in [4.78, 5) is 13.8. The standard InChI is InChI=1S/C24H26N2O3S/c1-16-5-7-18(8-6-16)24(22-4-3-13-30-22)25-15-23(27)26-17(2)19-9-10-20-21(14-19)29-12-11-28-20/h3-10,13-14,17,24-25H,11-12,15H2,1-2H3,(H,26,27)/t17-,24+/m1/s1. The summed E-state index contributed by atoms with van der Waals surface area (Å²) in [6.07, 6.45) is 0. The SMILES string of the molecule is Cc1ccc([C@H](NCC(=O)N[C@H](C)c2ccc3c(c2)OCCO3)c2cccs2)cc1. The van der Waals surface area contributed by atoms with Crippen LogP contribution in [0.4, 0.5) is 0 Å². The molecule has 0 bridgehead atoms. The molecule has 1 aromatic heterocycles. The molecule has 0 aliphatic carbocycles. The molecule has 2 atom stereocenters. The Bertz CT molecular complexity index is 986. The van der Waals surface area contributed by atoms with Gasteiger partial charge in [0.05, 0.1) is 18.6 Å². The Morgan fingerprint density at radius 3 is 2.50 bits per heavy atom. The summed E-state index contributed by atoms with van der Waals surface area (Å²) in [6, 6.07) is 18.2. The highest BCUT2D eigenvalue weighted by atomic mass is 32.1. The fourth-order valence-electron chi connectivity index (χ4n) is 3.50. The second kappa shape index (κ2) is 9.32. The number of carbonyl (C=O) groups excluding carboxylic acids is 1. The summed E-state index contributed by atoms with van der Waals surface area (Å²) in [7, 11) is 0. The van der Waals surface area contributed by atoms with E-state index in [0.717, 1.165) is 22.6 Å². The van der Waals surface area contributed by atoms with Crippen molar-refractivity contribution in [2.75, 3.05) is 19.8 Å². The van der Waals surface area contributed by atoms with E-state index in [-0.39, 0.29) is 24.5 Å². The van der Waals surface area contributed by atoms with E-state index in [9.17, 15) is 4.79 Å². The Kier molecular flexibility index (Phi) is 6.35. The van der Waals surface area contributed by atoms with E-state index in [4.69, 9.17) is 9.47 Å². The van der Waals surface area contributed by atoms with Gasteiger partial charge < -0.3 is 14.8 Å². The van der Waals surface area contributed by atoms with Gasteiger partial charge in [0.15, 0.2) is 11.5 Å². The molecule has 5 nitrogen and oxygen atoms in total. The number of ether oxygens (including phenoxy) is 2. The fraction of sp³-hybridized carbons (Fsp3) is 0.292. The smallest absolute Gasteiger partial charge is 0.234 e. The van der Waals surface area contributed by atoms with E-state index >= 15 is 0 Å². The number of amides is 1. The Balaban J connectivity index is 1.39. The minimum absolute atomic E-state index is 0.0130. The van der Waals surface area contributed by atoms with Crippen LogP contribution in [0.1, 0.15) is 40.6 Å². The molecule has 0 spiro atoms. The first-order valence-corrected chi connectivity index (χ1v) is 11.0. The van der Waals surface area contributed by atoms with Crippen molar-refractivity contribution in [1.82, 2.24) is 10.6 Å². The van der Waals surface area contributed by atoms with Gasteiger partial charge in [-0.25, -0.2) is 0 Å². The summed E-state index contributed by atoms with van der Waals surface area (Å²) >= 11 is 1.69. The van der Waals surface area contributed by atoms with Crippen molar-refractivity contribution in [2.45, 2.75) is 25.9 Å². The second-order valence-corrected chi connectivity index (χ2v) is 8.41. The molecule has 1 aliphatic rings. The summed E-state index contributed by atoms with van der Waals surface area (Å²) in [5.74, 6) is 1.43. The lowest BCUT2D eigenvalue weighted by Crippen LogP contribution is -2.37. The Morgan fingerprint density at radius 1 is 1.03 bits per heavy atom. The third-order valence-corrected chi connectivity index (χ3v) is 6.09. The molecule has 2 N–H and O–H groups in total. The van der Waals surface area contributed by atoms with E-state index in [2.05, 4.69) is 53.3 Å². The third-order valence-electron chi connectivity index (χ3n) is 5.15. The maximum atomic E-state index is 12.6.